The minimum Gasteiger partial charge on any atom is -0.330 e. The van der Waals surface area contributed by atoms with Gasteiger partial charge in [-0.25, -0.2) is 0 Å². The minimum absolute atomic E-state index is 0. The summed E-state index contributed by atoms with van der Waals surface area (Å²) in [4.78, 5) is 24.6. The van der Waals surface area contributed by atoms with E-state index in [0.717, 1.165) is 23.4 Å². The molecule has 1 aliphatic heterocycles. The third-order valence-electron chi connectivity index (χ3n) is 3.01. The molecule has 5 nitrogen and oxygen atoms in total. The highest BCUT2D eigenvalue weighted by Crippen LogP contribution is 2.30. The molecule has 0 saturated heterocycles. The van der Waals surface area contributed by atoms with Crippen LogP contribution in [-0.4, -0.2) is 24.9 Å². The molecule has 19 heavy (non-hydrogen) atoms. The first-order valence-electron chi connectivity index (χ1n) is 6.03. The number of rotatable bonds is 3. The van der Waals surface area contributed by atoms with E-state index in [-0.39, 0.29) is 24.2 Å². The van der Waals surface area contributed by atoms with Crippen LogP contribution in [0.2, 0.25) is 0 Å². The van der Waals surface area contributed by atoms with Gasteiger partial charge in [0.05, 0.1) is 0 Å². The van der Waals surface area contributed by atoms with Crippen molar-refractivity contribution >= 4 is 35.6 Å². The fourth-order valence-corrected chi connectivity index (χ4v) is 2.16. The molecule has 0 unspecified atom stereocenters. The van der Waals surface area contributed by atoms with Crippen LogP contribution >= 0.6 is 12.4 Å². The predicted molar refractivity (Wildman–Crippen MR) is 77.7 cm³/mol. The van der Waals surface area contributed by atoms with Gasteiger partial charge in [-0.2, -0.15) is 0 Å². The third kappa shape index (κ3) is 3.45. The number of amides is 2. The molecule has 0 atom stereocenters. The van der Waals surface area contributed by atoms with Gasteiger partial charge in [0.1, 0.15) is 0 Å². The van der Waals surface area contributed by atoms with E-state index in [1.807, 2.05) is 18.2 Å². The Morgan fingerprint density at radius 1 is 1.42 bits per heavy atom. The maximum atomic E-state index is 11.4. The molecular formula is C13H18ClN3O2. The number of halogens is 1. The number of fused-ring (bicyclic) bond motifs is 1. The van der Waals surface area contributed by atoms with Crippen LogP contribution in [-0.2, 0) is 16.0 Å². The first-order valence-corrected chi connectivity index (χ1v) is 6.03. The number of anilines is 2. The van der Waals surface area contributed by atoms with Crippen LogP contribution in [0.5, 0.6) is 0 Å². The Bertz CT molecular complexity index is 491. The van der Waals surface area contributed by atoms with Crippen molar-refractivity contribution < 1.29 is 9.59 Å². The molecule has 1 aromatic rings. The standard InChI is InChI=1S/C13H17N3O2.ClH/c1-9(17)16-7-5-10-8-11(2-3-12(10)16)15-13(18)4-6-14;/h2-3,8H,4-7,14H2,1H3,(H,15,18);1H. The zero-order valence-corrected chi connectivity index (χ0v) is 11.6. The largest absolute Gasteiger partial charge is 0.330 e. The molecule has 0 saturated carbocycles. The molecule has 2 rings (SSSR count). The number of carbonyl (C=O) groups is 2. The smallest absolute Gasteiger partial charge is 0.225 e. The maximum Gasteiger partial charge on any atom is 0.225 e. The summed E-state index contributed by atoms with van der Waals surface area (Å²) < 4.78 is 0. The lowest BCUT2D eigenvalue weighted by Gasteiger charge is -2.15. The van der Waals surface area contributed by atoms with Crippen LogP contribution in [0.4, 0.5) is 11.4 Å². The highest BCUT2D eigenvalue weighted by Gasteiger charge is 2.22. The van der Waals surface area contributed by atoms with Gasteiger partial charge in [0.15, 0.2) is 0 Å². The molecule has 3 N–H and O–H groups in total. The summed E-state index contributed by atoms with van der Waals surface area (Å²) in [6.07, 6.45) is 1.15. The van der Waals surface area contributed by atoms with Crippen molar-refractivity contribution in [3.63, 3.8) is 0 Å². The van der Waals surface area contributed by atoms with Gasteiger partial charge >= 0.3 is 0 Å². The second kappa shape index (κ2) is 6.54. The van der Waals surface area contributed by atoms with Crippen LogP contribution in [0.25, 0.3) is 0 Å². The van der Waals surface area contributed by atoms with E-state index in [4.69, 9.17) is 5.73 Å². The van der Waals surface area contributed by atoms with Crippen LogP contribution in [0.3, 0.4) is 0 Å². The number of benzene rings is 1. The number of nitrogens with two attached hydrogens (primary N) is 1. The van der Waals surface area contributed by atoms with Crippen molar-refractivity contribution in [2.45, 2.75) is 19.8 Å². The van der Waals surface area contributed by atoms with E-state index in [0.29, 0.717) is 19.5 Å². The molecule has 0 bridgehead atoms. The molecule has 0 radical (unpaired) electrons. The molecular weight excluding hydrogens is 266 g/mol. The van der Waals surface area contributed by atoms with Crippen molar-refractivity contribution in [1.29, 1.82) is 0 Å². The summed E-state index contributed by atoms with van der Waals surface area (Å²) in [5.41, 5.74) is 8.12. The van der Waals surface area contributed by atoms with Gasteiger partial charge in [0.2, 0.25) is 11.8 Å². The number of nitrogens with zero attached hydrogens (tertiary/aromatic N) is 1. The average molecular weight is 284 g/mol. The van der Waals surface area contributed by atoms with Crippen molar-refractivity contribution in [2.75, 3.05) is 23.3 Å². The molecule has 0 spiro atoms. The van der Waals surface area contributed by atoms with Gasteiger partial charge < -0.3 is 16.0 Å². The first-order chi connectivity index (χ1) is 8.61. The van der Waals surface area contributed by atoms with Gasteiger partial charge in [0.25, 0.3) is 0 Å². The summed E-state index contributed by atoms with van der Waals surface area (Å²) in [5.74, 6) is -0.0347. The van der Waals surface area contributed by atoms with Gasteiger partial charge in [-0.15, -0.1) is 12.4 Å². The molecule has 0 aromatic heterocycles. The van der Waals surface area contributed by atoms with Crippen LogP contribution in [0.1, 0.15) is 18.9 Å². The van der Waals surface area contributed by atoms with Crippen LogP contribution < -0.4 is 16.0 Å². The lowest BCUT2D eigenvalue weighted by atomic mass is 10.1. The van der Waals surface area contributed by atoms with Gasteiger partial charge in [-0.3, -0.25) is 9.59 Å². The second-order valence-corrected chi connectivity index (χ2v) is 4.35. The van der Waals surface area contributed by atoms with Gasteiger partial charge in [0, 0.05) is 37.8 Å². The lowest BCUT2D eigenvalue weighted by Crippen LogP contribution is -2.25. The Morgan fingerprint density at radius 3 is 2.79 bits per heavy atom. The summed E-state index contributed by atoms with van der Waals surface area (Å²) in [6, 6.07) is 5.61. The third-order valence-corrected chi connectivity index (χ3v) is 3.01. The monoisotopic (exact) mass is 283 g/mol. The lowest BCUT2D eigenvalue weighted by molar-refractivity contribution is -0.117. The summed E-state index contributed by atoms with van der Waals surface area (Å²) in [5, 5.41) is 2.79. The number of carbonyl (C=O) groups excluding carboxylic acids is 2. The average Bonchev–Trinajstić information content (AvgIpc) is 2.72. The predicted octanol–water partition coefficient (Wildman–Crippen LogP) is 1.30. The quantitative estimate of drug-likeness (QED) is 0.878. The van der Waals surface area contributed by atoms with Crippen molar-refractivity contribution in [3.8, 4) is 0 Å². The Balaban J connectivity index is 0.00000180. The first kappa shape index (κ1) is 15.5. The normalized spacial score (nSPS) is 12.6. The molecule has 104 valence electrons. The summed E-state index contributed by atoms with van der Waals surface area (Å²) >= 11 is 0. The minimum atomic E-state index is -0.0844. The van der Waals surface area contributed by atoms with E-state index < -0.39 is 0 Å². The molecule has 0 fully saturated rings. The Morgan fingerprint density at radius 2 is 2.16 bits per heavy atom. The highest BCUT2D eigenvalue weighted by molar-refractivity contribution is 5.95. The molecule has 1 aromatic carbocycles. The van der Waals surface area contributed by atoms with Crippen molar-refractivity contribution in [3.05, 3.63) is 23.8 Å². The van der Waals surface area contributed by atoms with E-state index in [9.17, 15) is 9.59 Å². The Hall–Kier alpha value is -1.59. The Kier molecular flexibility index (Phi) is 5.32. The van der Waals surface area contributed by atoms with E-state index in [2.05, 4.69) is 5.32 Å². The zero-order chi connectivity index (χ0) is 13.1. The molecule has 0 aliphatic carbocycles. The summed E-state index contributed by atoms with van der Waals surface area (Å²) in [7, 11) is 0. The number of hydrogen-bond acceptors (Lipinski definition) is 3. The molecule has 6 heteroatoms. The maximum absolute atomic E-state index is 11.4. The zero-order valence-electron chi connectivity index (χ0n) is 10.8. The highest BCUT2D eigenvalue weighted by atomic mass is 35.5. The van der Waals surface area contributed by atoms with Gasteiger partial charge in [-0.1, -0.05) is 0 Å². The molecule has 1 heterocycles. The Labute approximate surface area is 118 Å². The number of nitrogens with one attached hydrogen (secondary N) is 1. The molecule has 1 aliphatic rings. The van der Waals surface area contributed by atoms with E-state index in [1.165, 1.54) is 0 Å². The number of hydrogen-bond donors (Lipinski definition) is 2. The fraction of sp³-hybridized carbons (Fsp3) is 0.385. The fourth-order valence-electron chi connectivity index (χ4n) is 2.16. The van der Waals surface area contributed by atoms with E-state index in [1.54, 1.807) is 11.8 Å². The van der Waals surface area contributed by atoms with E-state index >= 15 is 0 Å². The van der Waals surface area contributed by atoms with Crippen molar-refractivity contribution in [1.82, 2.24) is 0 Å². The SMILES string of the molecule is CC(=O)N1CCc2cc(NC(=O)CCN)ccc21.Cl. The van der Waals surface area contributed by atoms with Gasteiger partial charge in [-0.05, 0) is 30.2 Å². The van der Waals surface area contributed by atoms with Crippen LogP contribution in [0, 0.1) is 0 Å². The topological polar surface area (TPSA) is 75.4 Å². The summed E-state index contributed by atoms with van der Waals surface area (Å²) in [6.45, 7) is 2.62. The molecule has 2 amide bonds. The van der Waals surface area contributed by atoms with Crippen molar-refractivity contribution in [2.24, 2.45) is 5.73 Å². The van der Waals surface area contributed by atoms with Crippen LogP contribution in [0.15, 0.2) is 18.2 Å². The second-order valence-electron chi connectivity index (χ2n) is 4.35.